The Bertz CT molecular complexity index is 539. The van der Waals surface area contributed by atoms with Crippen LogP contribution < -0.4 is 4.74 Å². The summed E-state index contributed by atoms with van der Waals surface area (Å²) in [6.07, 6.45) is 0. The third-order valence-electron chi connectivity index (χ3n) is 2.62. The van der Waals surface area contributed by atoms with Gasteiger partial charge in [0.25, 0.3) is 0 Å². The van der Waals surface area contributed by atoms with Gasteiger partial charge in [0, 0.05) is 0 Å². The van der Waals surface area contributed by atoms with E-state index in [4.69, 9.17) is 4.74 Å². The summed E-state index contributed by atoms with van der Waals surface area (Å²) < 4.78 is 7.68. The lowest BCUT2D eigenvalue weighted by atomic mass is 10.1. The topological polar surface area (TPSA) is 12.2 Å². The Hall–Kier alpha value is -1.83. The predicted octanol–water partition coefficient (Wildman–Crippen LogP) is 2.91. The number of rotatable bonds is 1. The Balaban J connectivity index is 2.37. The highest BCUT2D eigenvalue weighted by molar-refractivity contribution is 5.84. The Morgan fingerprint density at radius 2 is 1.69 bits per heavy atom. The molecule has 0 radical (unpaired) electrons. The monoisotopic (exact) mass is 214 g/mol. The number of hydrogen-bond acceptors (Lipinski definition) is 1. The fourth-order valence-electron chi connectivity index (χ4n) is 1.49. The van der Waals surface area contributed by atoms with E-state index >= 15 is 0 Å². The lowest BCUT2D eigenvalue weighted by Gasteiger charge is -2.04. The molecule has 0 saturated carbocycles. The van der Waals surface area contributed by atoms with Gasteiger partial charge < -0.3 is 4.74 Å². The second-order valence-electron chi connectivity index (χ2n) is 4.02. The zero-order valence-electron chi connectivity index (χ0n) is 9.90. The highest BCUT2D eigenvalue weighted by Crippen LogP contribution is 2.20. The maximum atomic E-state index is 5.73. The van der Waals surface area contributed by atoms with Crippen LogP contribution in [0.25, 0.3) is 10.8 Å². The van der Waals surface area contributed by atoms with Crippen LogP contribution in [0.1, 0.15) is 6.92 Å². The van der Waals surface area contributed by atoms with E-state index in [2.05, 4.69) is 24.3 Å². The Kier molecular flexibility index (Phi) is 2.91. The van der Waals surface area contributed by atoms with E-state index in [1.807, 2.05) is 43.8 Å². The van der Waals surface area contributed by atoms with E-state index in [-0.39, 0.29) is 0 Å². The minimum absolute atomic E-state index is 0.880. The van der Waals surface area contributed by atoms with Crippen molar-refractivity contribution in [2.24, 2.45) is 0 Å². The summed E-state index contributed by atoms with van der Waals surface area (Å²) in [6.45, 7) is 1.95. The zero-order valence-corrected chi connectivity index (χ0v) is 9.90. The number of hydrogen-bond donors (Lipinski definition) is 0. The minimum atomic E-state index is 0.880. The lowest BCUT2D eigenvalue weighted by molar-refractivity contribution is -0.472. The summed E-state index contributed by atoms with van der Waals surface area (Å²) >= 11 is 0. The second-order valence-corrected chi connectivity index (χ2v) is 4.02. The second kappa shape index (κ2) is 4.35. The molecule has 0 fully saturated rings. The summed E-state index contributed by atoms with van der Waals surface area (Å²) in [5.41, 5.74) is 0. The molecule has 0 spiro atoms. The number of benzene rings is 2. The van der Waals surface area contributed by atoms with Crippen molar-refractivity contribution in [1.29, 1.82) is 0 Å². The molecular weight excluding hydrogens is 198 g/mol. The van der Waals surface area contributed by atoms with E-state index < -0.39 is 0 Å². The predicted molar refractivity (Wildman–Crippen MR) is 67.4 cm³/mol. The van der Waals surface area contributed by atoms with Crippen molar-refractivity contribution in [3.05, 3.63) is 42.5 Å². The number of nitrogens with zero attached hydrogens (tertiary/aromatic N) is 1. The van der Waals surface area contributed by atoms with Crippen LogP contribution in [0.15, 0.2) is 42.5 Å². The summed E-state index contributed by atoms with van der Waals surface area (Å²) in [5.74, 6) is 1.76. The molecule has 82 valence electrons. The molecule has 0 heterocycles. The van der Waals surface area contributed by atoms with Crippen molar-refractivity contribution < 1.29 is 9.31 Å². The van der Waals surface area contributed by atoms with Gasteiger partial charge in [-0.25, -0.2) is 4.58 Å². The van der Waals surface area contributed by atoms with Gasteiger partial charge in [-0.1, -0.05) is 30.3 Å². The molecule has 0 aromatic heterocycles. The van der Waals surface area contributed by atoms with Gasteiger partial charge in [0.15, 0.2) is 0 Å². The first-order chi connectivity index (χ1) is 7.66. The molecule has 0 bridgehead atoms. The molecule has 2 aromatic rings. The van der Waals surface area contributed by atoms with Crippen LogP contribution in [-0.4, -0.2) is 24.6 Å². The Morgan fingerprint density at radius 1 is 1.00 bits per heavy atom. The largest absolute Gasteiger partial charge is 0.409 e. The van der Waals surface area contributed by atoms with Crippen molar-refractivity contribution in [3.63, 3.8) is 0 Å². The molecule has 2 heteroatoms. The maximum Gasteiger partial charge on any atom is 0.338 e. The van der Waals surface area contributed by atoms with Gasteiger partial charge in [-0.05, 0) is 22.9 Å². The SMILES string of the molecule is CC(Oc1ccc2ccccc2c1)=[N+](C)C. The Labute approximate surface area is 95.8 Å². The van der Waals surface area contributed by atoms with Crippen LogP contribution in [0.3, 0.4) is 0 Å². The highest BCUT2D eigenvalue weighted by atomic mass is 16.5. The van der Waals surface area contributed by atoms with E-state index in [0.29, 0.717) is 0 Å². The lowest BCUT2D eigenvalue weighted by Crippen LogP contribution is -2.15. The molecule has 0 amide bonds. The van der Waals surface area contributed by atoms with E-state index in [1.54, 1.807) is 0 Å². The van der Waals surface area contributed by atoms with Crippen LogP contribution in [-0.2, 0) is 0 Å². The molecular formula is C14H16NO+. The van der Waals surface area contributed by atoms with Gasteiger partial charge in [0.1, 0.15) is 19.8 Å². The average molecular weight is 214 g/mol. The third kappa shape index (κ3) is 2.22. The maximum absolute atomic E-state index is 5.73. The molecule has 0 atom stereocenters. The standard InChI is InChI=1S/C14H16NO/c1-11(15(2)3)16-14-9-8-12-6-4-5-7-13(12)10-14/h4-10H,1-3H3/q+1. The van der Waals surface area contributed by atoms with Crippen LogP contribution in [0, 0.1) is 0 Å². The molecule has 2 rings (SSSR count). The van der Waals surface area contributed by atoms with Crippen LogP contribution >= 0.6 is 0 Å². The molecule has 2 nitrogen and oxygen atoms in total. The Morgan fingerprint density at radius 3 is 2.38 bits per heavy atom. The first kappa shape index (κ1) is 10.7. The van der Waals surface area contributed by atoms with Gasteiger partial charge in [-0.2, -0.15) is 0 Å². The molecule has 0 saturated heterocycles. The van der Waals surface area contributed by atoms with E-state index in [1.165, 1.54) is 10.8 Å². The number of fused-ring (bicyclic) bond motifs is 1. The highest BCUT2D eigenvalue weighted by Gasteiger charge is 2.03. The first-order valence-electron chi connectivity index (χ1n) is 5.34. The molecule has 0 N–H and O–H groups in total. The molecule has 2 aromatic carbocycles. The first-order valence-corrected chi connectivity index (χ1v) is 5.34. The van der Waals surface area contributed by atoms with E-state index in [9.17, 15) is 0 Å². The summed E-state index contributed by atoms with van der Waals surface area (Å²) in [6, 6.07) is 14.4. The molecule has 0 aliphatic rings. The van der Waals surface area contributed by atoms with Crippen molar-refractivity contribution in [2.75, 3.05) is 14.1 Å². The average Bonchev–Trinajstić information content (AvgIpc) is 2.28. The fourth-order valence-corrected chi connectivity index (χ4v) is 1.49. The third-order valence-corrected chi connectivity index (χ3v) is 2.62. The van der Waals surface area contributed by atoms with E-state index in [0.717, 1.165) is 11.6 Å². The summed E-state index contributed by atoms with van der Waals surface area (Å²) in [7, 11) is 3.94. The molecule has 0 aliphatic carbocycles. The van der Waals surface area contributed by atoms with Gasteiger partial charge in [-0.3, -0.25) is 0 Å². The van der Waals surface area contributed by atoms with Crippen molar-refractivity contribution in [1.82, 2.24) is 0 Å². The smallest absolute Gasteiger partial charge is 0.338 e. The van der Waals surface area contributed by atoms with Gasteiger partial charge >= 0.3 is 5.90 Å². The van der Waals surface area contributed by atoms with Crippen molar-refractivity contribution >= 4 is 16.7 Å². The van der Waals surface area contributed by atoms with Gasteiger partial charge in [-0.15, -0.1) is 0 Å². The van der Waals surface area contributed by atoms with Gasteiger partial charge in [0.05, 0.1) is 6.92 Å². The molecule has 0 aliphatic heterocycles. The fraction of sp³-hybridized carbons (Fsp3) is 0.214. The molecule has 16 heavy (non-hydrogen) atoms. The van der Waals surface area contributed by atoms with Crippen molar-refractivity contribution in [3.8, 4) is 5.75 Å². The van der Waals surface area contributed by atoms with Crippen LogP contribution in [0.4, 0.5) is 0 Å². The minimum Gasteiger partial charge on any atom is -0.409 e. The van der Waals surface area contributed by atoms with Crippen molar-refractivity contribution in [2.45, 2.75) is 6.92 Å². The summed E-state index contributed by atoms with van der Waals surface area (Å²) in [4.78, 5) is 0. The summed E-state index contributed by atoms with van der Waals surface area (Å²) in [5, 5.41) is 2.43. The normalized spacial score (nSPS) is 10.2. The van der Waals surface area contributed by atoms with Crippen LogP contribution in [0.5, 0.6) is 5.75 Å². The molecule has 0 unspecified atom stereocenters. The quantitative estimate of drug-likeness (QED) is 0.404. The van der Waals surface area contributed by atoms with Gasteiger partial charge in [0.2, 0.25) is 0 Å². The van der Waals surface area contributed by atoms with Crippen LogP contribution in [0.2, 0.25) is 0 Å². The zero-order chi connectivity index (χ0) is 11.5. The number of ether oxygens (including phenoxy) is 1.